The van der Waals surface area contributed by atoms with Crippen molar-refractivity contribution in [1.29, 1.82) is 0 Å². The summed E-state index contributed by atoms with van der Waals surface area (Å²) in [6, 6.07) is 12.9. The fraction of sp³-hybridized carbons (Fsp3) is 0.478. The number of hydrogen-bond donors (Lipinski definition) is 0. The second-order valence-corrected chi connectivity index (χ2v) is 7.28. The first-order valence-electron chi connectivity index (χ1n) is 9.97. The lowest BCUT2D eigenvalue weighted by atomic mass is 9.94. The predicted octanol–water partition coefficient (Wildman–Crippen LogP) is 3.96. The summed E-state index contributed by atoms with van der Waals surface area (Å²) in [6.07, 6.45) is 3.50. The van der Waals surface area contributed by atoms with Gasteiger partial charge in [0.15, 0.2) is 0 Å². The number of aryl methyl sites for hydroxylation is 2. The molecule has 0 bridgehead atoms. The van der Waals surface area contributed by atoms with Gasteiger partial charge in [0.2, 0.25) is 0 Å². The van der Waals surface area contributed by atoms with E-state index in [1.807, 2.05) is 0 Å². The molecule has 0 amide bonds. The maximum absolute atomic E-state index is 5.84. The molecule has 2 aliphatic heterocycles. The minimum Gasteiger partial charge on any atom is -0.491 e. The highest BCUT2D eigenvalue weighted by atomic mass is 16.6. The van der Waals surface area contributed by atoms with Crippen molar-refractivity contribution in [2.45, 2.75) is 45.3 Å². The average molecular weight is 368 g/mol. The molecular weight excluding hydrogens is 340 g/mol. The van der Waals surface area contributed by atoms with E-state index in [0.29, 0.717) is 13.2 Å². The lowest BCUT2D eigenvalue weighted by Gasteiger charge is -2.15. The summed E-state index contributed by atoms with van der Waals surface area (Å²) in [5, 5.41) is 0. The van der Waals surface area contributed by atoms with E-state index in [9.17, 15) is 0 Å². The molecule has 27 heavy (non-hydrogen) atoms. The Kier molecular flexibility index (Phi) is 5.65. The van der Waals surface area contributed by atoms with Gasteiger partial charge in [0.1, 0.15) is 36.9 Å². The van der Waals surface area contributed by atoms with Gasteiger partial charge in [-0.15, -0.1) is 0 Å². The monoisotopic (exact) mass is 368 g/mol. The normalized spacial score (nSPS) is 20.4. The third kappa shape index (κ3) is 5.02. The van der Waals surface area contributed by atoms with Gasteiger partial charge in [-0.25, -0.2) is 0 Å². The van der Waals surface area contributed by atoms with E-state index in [1.165, 1.54) is 22.3 Å². The van der Waals surface area contributed by atoms with Crippen molar-refractivity contribution in [3.63, 3.8) is 0 Å². The van der Waals surface area contributed by atoms with Gasteiger partial charge in [-0.1, -0.05) is 26.0 Å². The van der Waals surface area contributed by atoms with E-state index in [-0.39, 0.29) is 12.2 Å². The van der Waals surface area contributed by atoms with Crippen molar-refractivity contribution in [2.24, 2.45) is 0 Å². The number of ether oxygens (including phenoxy) is 4. The standard InChI is InChI=1S/C23H28O4/c1-3-16-10-20(24-12-22-14-26-22)7-5-18(16)9-19-6-8-21(11-17(19)4-2)25-13-23-15-27-23/h5-8,10-11,22-23H,3-4,9,12-15H2,1-2H3. The van der Waals surface area contributed by atoms with Crippen LogP contribution in [0.5, 0.6) is 11.5 Å². The van der Waals surface area contributed by atoms with Crippen molar-refractivity contribution in [3.05, 3.63) is 58.7 Å². The summed E-state index contributed by atoms with van der Waals surface area (Å²) in [7, 11) is 0. The summed E-state index contributed by atoms with van der Waals surface area (Å²) in [5.41, 5.74) is 5.42. The molecule has 144 valence electrons. The van der Waals surface area contributed by atoms with Crippen LogP contribution in [-0.4, -0.2) is 38.6 Å². The van der Waals surface area contributed by atoms with Crippen LogP contribution in [0.25, 0.3) is 0 Å². The van der Waals surface area contributed by atoms with Gasteiger partial charge in [-0.05, 0) is 65.8 Å². The van der Waals surface area contributed by atoms with Crippen molar-refractivity contribution in [1.82, 2.24) is 0 Å². The Balaban J connectivity index is 1.46. The number of rotatable bonds is 10. The van der Waals surface area contributed by atoms with Crippen LogP contribution >= 0.6 is 0 Å². The van der Waals surface area contributed by atoms with Crippen LogP contribution in [0.4, 0.5) is 0 Å². The molecule has 0 aromatic heterocycles. The molecule has 2 aromatic rings. The van der Waals surface area contributed by atoms with E-state index in [0.717, 1.165) is 44.0 Å². The Bertz CT molecular complexity index is 712. The van der Waals surface area contributed by atoms with Gasteiger partial charge in [-0.3, -0.25) is 0 Å². The Morgan fingerprint density at radius 3 is 1.56 bits per heavy atom. The van der Waals surface area contributed by atoms with Crippen LogP contribution in [0.1, 0.15) is 36.1 Å². The van der Waals surface area contributed by atoms with Gasteiger partial charge >= 0.3 is 0 Å². The molecule has 0 aliphatic carbocycles. The second kappa shape index (κ2) is 8.32. The maximum Gasteiger partial charge on any atom is 0.119 e. The first kappa shape index (κ1) is 18.3. The van der Waals surface area contributed by atoms with Gasteiger partial charge in [0.05, 0.1) is 13.2 Å². The summed E-state index contributed by atoms with van der Waals surface area (Å²) in [4.78, 5) is 0. The third-order valence-electron chi connectivity index (χ3n) is 5.17. The van der Waals surface area contributed by atoms with Crippen LogP contribution in [-0.2, 0) is 28.7 Å². The van der Waals surface area contributed by atoms with E-state index in [4.69, 9.17) is 18.9 Å². The van der Waals surface area contributed by atoms with Crippen LogP contribution < -0.4 is 9.47 Å². The fourth-order valence-electron chi connectivity index (χ4n) is 3.30. The molecule has 2 aliphatic rings. The molecule has 0 spiro atoms. The number of hydrogen-bond acceptors (Lipinski definition) is 4. The zero-order valence-corrected chi connectivity index (χ0v) is 16.2. The highest BCUT2D eigenvalue weighted by Crippen LogP contribution is 2.26. The molecule has 0 saturated carbocycles. The summed E-state index contributed by atoms with van der Waals surface area (Å²) < 4.78 is 22.1. The zero-order chi connectivity index (χ0) is 18.6. The largest absolute Gasteiger partial charge is 0.491 e. The van der Waals surface area contributed by atoms with Crippen LogP contribution in [0.2, 0.25) is 0 Å². The quantitative estimate of drug-likeness (QED) is 0.596. The Morgan fingerprint density at radius 1 is 0.741 bits per heavy atom. The Hall–Kier alpha value is -2.04. The molecule has 2 heterocycles. The summed E-state index contributed by atoms with van der Waals surface area (Å²) in [6.45, 7) is 7.35. The van der Waals surface area contributed by atoms with Gasteiger partial charge in [0, 0.05) is 0 Å². The predicted molar refractivity (Wildman–Crippen MR) is 105 cm³/mol. The highest BCUT2D eigenvalue weighted by molar-refractivity contribution is 5.43. The minimum atomic E-state index is 0.286. The maximum atomic E-state index is 5.84. The molecule has 2 aromatic carbocycles. The first-order valence-corrected chi connectivity index (χ1v) is 9.97. The number of benzene rings is 2. The minimum absolute atomic E-state index is 0.286. The summed E-state index contributed by atoms with van der Waals surface area (Å²) in [5.74, 6) is 1.88. The molecule has 2 unspecified atom stereocenters. The van der Waals surface area contributed by atoms with Crippen LogP contribution in [0.3, 0.4) is 0 Å². The Labute approximate surface area is 161 Å². The molecule has 4 rings (SSSR count). The average Bonchev–Trinajstić information content (AvgIpc) is 3.61. The van der Waals surface area contributed by atoms with E-state index >= 15 is 0 Å². The molecule has 4 heteroatoms. The van der Waals surface area contributed by atoms with Crippen molar-refractivity contribution >= 4 is 0 Å². The van der Waals surface area contributed by atoms with Crippen molar-refractivity contribution < 1.29 is 18.9 Å². The van der Waals surface area contributed by atoms with E-state index in [1.54, 1.807) is 0 Å². The molecule has 4 nitrogen and oxygen atoms in total. The topological polar surface area (TPSA) is 43.5 Å². The van der Waals surface area contributed by atoms with E-state index in [2.05, 4.69) is 50.2 Å². The van der Waals surface area contributed by atoms with Crippen molar-refractivity contribution in [2.75, 3.05) is 26.4 Å². The smallest absolute Gasteiger partial charge is 0.119 e. The van der Waals surface area contributed by atoms with Crippen molar-refractivity contribution in [3.8, 4) is 11.5 Å². The zero-order valence-electron chi connectivity index (χ0n) is 16.2. The third-order valence-corrected chi connectivity index (χ3v) is 5.17. The SMILES string of the molecule is CCc1cc(OCC2CO2)ccc1Cc1ccc(OCC2CO2)cc1CC. The van der Waals surface area contributed by atoms with Gasteiger partial charge in [-0.2, -0.15) is 0 Å². The molecule has 2 atom stereocenters. The van der Waals surface area contributed by atoms with Gasteiger partial charge < -0.3 is 18.9 Å². The second-order valence-electron chi connectivity index (χ2n) is 7.28. The molecular formula is C23H28O4. The lowest BCUT2D eigenvalue weighted by molar-refractivity contribution is 0.263. The van der Waals surface area contributed by atoms with E-state index < -0.39 is 0 Å². The summed E-state index contributed by atoms with van der Waals surface area (Å²) >= 11 is 0. The Morgan fingerprint density at radius 2 is 1.19 bits per heavy atom. The molecule has 2 saturated heterocycles. The van der Waals surface area contributed by atoms with Gasteiger partial charge in [0.25, 0.3) is 0 Å². The molecule has 0 N–H and O–H groups in total. The molecule has 0 radical (unpaired) electrons. The van der Waals surface area contributed by atoms with Crippen LogP contribution in [0, 0.1) is 0 Å². The molecule has 2 fully saturated rings. The first-order chi connectivity index (χ1) is 13.2. The highest BCUT2D eigenvalue weighted by Gasteiger charge is 2.24. The number of epoxide rings is 2. The fourth-order valence-corrected chi connectivity index (χ4v) is 3.30. The lowest BCUT2D eigenvalue weighted by Crippen LogP contribution is -2.06. The van der Waals surface area contributed by atoms with Crippen LogP contribution in [0.15, 0.2) is 36.4 Å².